The molecule has 0 aliphatic rings. The Hall–Kier alpha value is 0.945. The third kappa shape index (κ3) is 18.2. The van der Waals surface area contributed by atoms with Gasteiger partial charge in [0, 0.05) is 52.2 Å². The first-order chi connectivity index (χ1) is 4.41. The van der Waals surface area contributed by atoms with Crippen molar-refractivity contribution in [3.63, 3.8) is 0 Å². The van der Waals surface area contributed by atoms with Crippen LogP contribution in [0.25, 0.3) is 0 Å². The van der Waals surface area contributed by atoms with Crippen molar-refractivity contribution in [2.75, 3.05) is 40.6 Å². The van der Waals surface area contributed by atoms with Gasteiger partial charge in [0.2, 0.25) is 0 Å². The van der Waals surface area contributed by atoms with Crippen molar-refractivity contribution in [3.8, 4) is 0 Å². The van der Waals surface area contributed by atoms with Crippen molar-refractivity contribution < 1.29 is 14.2 Å². The molecule has 4 radical (unpaired) electrons. The summed E-state index contributed by atoms with van der Waals surface area (Å²) in [7, 11) is 3.30. The van der Waals surface area contributed by atoms with Crippen LogP contribution in [0.3, 0.4) is 0 Å². The molecule has 11 heavy (non-hydrogen) atoms. The second-order valence-electron chi connectivity index (χ2n) is 1.60. The molecule has 0 rings (SSSR count). The average Bonchev–Trinajstić information content (AvgIpc) is 1.89. The molecule has 0 unspecified atom stereocenters. The molecule has 0 aliphatic heterocycles. The Morgan fingerprint density at radius 3 is 1.45 bits per heavy atom. The van der Waals surface area contributed by atoms with Crippen LogP contribution in [-0.2, 0) is 14.2 Å². The summed E-state index contributed by atoms with van der Waals surface area (Å²) in [6, 6.07) is 0. The summed E-state index contributed by atoms with van der Waals surface area (Å²) in [5.74, 6) is 0. The molecule has 0 aliphatic carbocycles. The molecule has 0 bridgehead atoms. The topological polar surface area (TPSA) is 27.7 Å². The van der Waals surface area contributed by atoms with E-state index in [1.54, 1.807) is 14.2 Å². The standard InChI is InChI=1S/C6H14O3.B.Na/c1-7-3-5-9-6-4-8-2;;/h3-6H2,1-2H3;;. The van der Waals surface area contributed by atoms with Crippen molar-refractivity contribution >= 4 is 38.0 Å². The minimum atomic E-state index is 0. The molecule has 0 saturated heterocycles. The van der Waals surface area contributed by atoms with Gasteiger partial charge in [0.1, 0.15) is 0 Å². The van der Waals surface area contributed by atoms with Crippen LogP contribution in [0.15, 0.2) is 0 Å². The molecule has 0 heterocycles. The molecular weight excluding hydrogens is 154 g/mol. The van der Waals surface area contributed by atoms with Crippen LogP contribution in [0, 0.1) is 0 Å². The molecule has 0 aromatic rings. The molecule has 0 spiro atoms. The molecule has 0 fully saturated rings. The monoisotopic (exact) mass is 168 g/mol. The van der Waals surface area contributed by atoms with E-state index in [2.05, 4.69) is 0 Å². The Labute approximate surface area is 92.6 Å². The summed E-state index contributed by atoms with van der Waals surface area (Å²) in [5, 5.41) is 0. The summed E-state index contributed by atoms with van der Waals surface area (Å²) in [4.78, 5) is 0. The number of hydrogen-bond donors (Lipinski definition) is 0. The van der Waals surface area contributed by atoms with E-state index < -0.39 is 0 Å². The van der Waals surface area contributed by atoms with E-state index in [1.807, 2.05) is 0 Å². The second kappa shape index (κ2) is 17.1. The van der Waals surface area contributed by atoms with Crippen molar-refractivity contribution in [1.29, 1.82) is 0 Å². The molecular formula is C6H14BNaO3. The van der Waals surface area contributed by atoms with Crippen LogP contribution in [-0.4, -0.2) is 78.6 Å². The fourth-order valence-corrected chi connectivity index (χ4v) is 0.387. The van der Waals surface area contributed by atoms with Crippen LogP contribution in [0.2, 0.25) is 0 Å². The van der Waals surface area contributed by atoms with E-state index in [9.17, 15) is 0 Å². The summed E-state index contributed by atoms with van der Waals surface area (Å²) < 4.78 is 14.6. The van der Waals surface area contributed by atoms with Gasteiger partial charge in [-0.2, -0.15) is 0 Å². The molecule has 0 N–H and O–H groups in total. The van der Waals surface area contributed by atoms with Gasteiger partial charge in [-0.05, 0) is 0 Å². The first kappa shape index (κ1) is 17.9. The molecule has 0 aromatic carbocycles. The molecule has 5 heteroatoms. The fourth-order valence-electron chi connectivity index (χ4n) is 0.387. The van der Waals surface area contributed by atoms with Gasteiger partial charge in [0.15, 0.2) is 0 Å². The molecule has 0 amide bonds. The Kier molecular flexibility index (Phi) is 27.9. The minimum Gasteiger partial charge on any atom is -0.382 e. The summed E-state index contributed by atoms with van der Waals surface area (Å²) >= 11 is 0. The van der Waals surface area contributed by atoms with Crippen LogP contribution < -0.4 is 0 Å². The average molecular weight is 168 g/mol. The van der Waals surface area contributed by atoms with Crippen LogP contribution in [0.5, 0.6) is 0 Å². The van der Waals surface area contributed by atoms with Gasteiger partial charge in [-0.15, -0.1) is 0 Å². The molecule has 3 nitrogen and oxygen atoms in total. The third-order valence-electron chi connectivity index (χ3n) is 0.864. The molecule has 0 atom stereocenters. The predicted molar refractivity (Wildman–Crippen MR) is 46.1 cm³/mol. The third-order valence-corrected chi connectivity index (χ3v) is 0.864. The Balaban J connectivity index is -0.000000320. The summed E-state index contributed by atoms with van der Waals surface area (Å²) in [6.07, 6.45) is 0. The number of methoxy groups -OCH3 is 2. The maximum atomic E-state index is 5.06. The minimum absolute atomic E-state index is 0. The van der Waals surface area contributed by atoms with Crippen molar-refractivity contribution in [2.45, 2.75) is 0 Å². The second-order valence-corrected chi connectivity index (χ2v) is 1.60. The first-order valence-electron chi connectivity index (χ1n) is 2.97. The maximum Gasteiger partial charge on any atom is 0.0701 e. The largest absolute Gasteiger partial charge is 0.382 e. The van der Waals surface area contributed by atoms with Crippen LogP contribution >= 0.6 is 0 Å². The summed E-state index contributed by atoms with van der Waals surface area (Å²) in [6.45, 7) is 2.62. The Bertz CT molecular complexity index is 51.1. The zero-order chi connectivity index (χ0) is 6.95. The molecule has 0 saturated carbocycles. The van der Waals surface area contributed by atoms with Crippen LogP contribution in [0.4, 0.5) is 0 Å². The zero-order valence-electron chi connectivity index (χ0n) is 7.63. The SMILES string of the molecule is COCCOCCOC.[B].[Na]. The summed E-state index contributed by atoms with van der Waals surface area (Å²) in [5.41, 5.74) is 0. The fraction of sp³-hybridized carbons (Fsp3) is 1.00. The van der Waals surface area contributed by atoms with Gasteiger partial charge in [-0.3, -0.25) is 0 Å². The molecule has 0 aromatic heterocycles. The zero-order valence-corrected chi connectivity index (χ0v) is 9.63. The van der Waals surface area contributed by atoms with E-state index in [0.717, 1.165) is 0 Å². The van der Waals surface area contributed by atoms with Crippen molar-refractivity contribution in [3.05, 3.63) is 0 Å². The van der Waals surface area contributed by atoms with Crippen molar-refractivity contribution in [2.24, 2.45) is 0 Å². The maximum absolute atomic E-state index is 5.06. The van der Waals surface area contributed by atoms with Crippen LogP contribution in [0.1, 0.15) is 0 Å². The number of ether oxygens (including phenoxy) is 3. The van der Waals surface area contributed by atoms with Gasteiger partial charge in [-0.25, -0.2) is 0 Å². The number of rotatable bonds is 6. The van der Waals surface area contributed by atoms with Gasteiger partial charge in [0.05, 0.1) is 26.4 Å². The first-order valence-corrected chi connectivity index (χ1v) is 2.97. The van der Waals surface area contributed by atoms with E-state index in [0.29, 0.717) is 26.4 Å². The van der Waals surface area contributed by atoms with E-state index in [1.165, 1.54) is 0 Å². The van der Waals surface area contributed by atoms with Gasteiger partial charge in [0.25, 0.3) is 0 Å². The normalized spacial score (nSPS) is 8.18. The van der Waals surface area contributed by atoms with Gasteiger partial charge in [-0.1, -0.05) is 0 Å². The Morgan fingerprint density at radius 2 is 1.18 bits per heavy atom. The Morgan fingerprint density at radius 1 is 0.818 bits per heavy atom. The smallest absolute Gasteiger partial charge is 0.0701 e. The molecule has 60 valence electrons. The van der Waals surface area contributed by atoms with Gasteiger partial charge < -0.3 is 14.2 Å². The van der Waals surface area contributed by atoms with Gasteiger partial charge >= 0.3 is 0 Å². The quantitative estimate of drug-likeness (QED) is 0.396. The van der Waals surface area contributed by atoms with E-state index in [4.69, 9.17) is 14.2 Å². The predicted octanol–water partition coefficient (Wildman–Crippen LogP) is -0.466. The number of hydrogen-bond acceptors (Lipinski definition) is 3. The van der Waals surface area contributed by atoms with E-state index in [-0.39, 0.29) is 38.0 Å². The van der Waals surface area contributed by atoms with E-state index >= 15 is 0 Å². The van der Waals surface area contributed by atoms with Crippen molar-refractivity contribution in [1.82, 2.24) is 0 Å².